The smallest absolute Gasteiger partial charge is 0.258 e. The van der Waals surface area contributed by atoms with Crippen molar-refractivity contribution in [2.75, 3.05) is 0 Å². The highest BCUT2D eigenvalue weighted by molar-refractivity contribution is 6.31. The molecule has 6 rings (SSSR count). The second-order valence-electron chi connectivity index (χ2n) is 9.72. The third-order valence-corrected chi connectivity index (χ3v) is 7.44. The predicted molar refractivity (Wildman–Crippen MR) is 154 cm³/mol. The van der Waals surface area contributed by atoms with Gasteiger partial charge in [0.1, 0.15) is 0 Å². The molecule has 1 N–H and O–H groups in total. The van der Waals surface area contributed by atoms with E-state index in [9.17, 15) is 9.59 Å². The van der Waals surface area contributed by atoms with Gasteiger partial charge >= 0.3 is 0 Å². The summed E-state index contributed by atoms with van der Waals surface area (Å²) >= 11 is 6.39. The van der Waals surface area contributed by atoms with E-state index in [0.717, 1.165) is 40.4 Å². The van der Waals surface area contributed by atoms with Crippen molar-refractivity contribution in [1.82, 2.24) is 14.6 Å². The van der Waals surface area contributed by atoms with Crippen LogP contribution in [0.3, 0.4) is 0 Å². The van der Waals surface area contributed by atoms with Crippen molar-refractivity contribution in [2.45, 2.75) is 39.3 Å². The second kappa shape index (κ2) is 9.62. The molecule has 3 aromatic carbocycles. The van der Waals surface area contributed by atoms with E-state index in [1.54, 1.807) is 6.07 Å². The lowest BCUT2D eigenvalue weighted by molar-refractivity contribution is -0.130. The van der Waals surface area contributed by atoms with E-state index in [0.29, 0.717) is 28.2 Å². The van der Waals surface area contributed by atoms with Gasteiger partial charge in [0.05, 0.1) is 17.3 Å². The zero-order chi connectivity index (χ0) is 26.4. The van der Waals surface area contributed by atoms with Crippen molar-refractivity contribution in [1.29, 1.82) is 0 Å². The third-order valence-electron chi connectivity index (χ3n) is 7.20. The quantitative estimate of drug-likeness (QED) is 0.272. The van der Waals surface area contributed by atoms with E-state index >= 15 is 0 Å². The highest BCUT2D eigenvalue weighted by Crippen LogP contribution is 2.38. The van der Waals surface area contributed by atoms with Crippen LogP contribution in [-0.4, -0.2) is 26.2 Å². The van der Waals surface area contributed by atoms with E-state index in [-0.39, 0.29) is 17.5 Å². The minimum atomic E-state index is -0.306. The van der Waals surface area contributed by atoms with Gasteiger partial charge in [0.25, 0.3) is 5.56 Å². The number of aromatic amines is 1. The summed E-state index contributed by atoms with van der Waals surface area (Å²) in [4.78, 5) is 29.4. The number of hydrogen-bond donors (Lipinski definition) is 1. The Bertz CT molecular complexity index is 1790. The van der Waals surface area contributed by atoms with Gasteiger partial charge in [-0.2, -0.15) is 5.10 Å². The number of aryl methyl sites for hydroxylation is 1. The molecule has 1 amide bonds. The van der Waals surface area contributed by atoms with Crippen molar-refractivity contribution < 1.29 is 4.79 Å². The zero-order valence-corrected chi connectivity index (χ0v) is 22.0. The number of rotatable bonds is 5. The first-order valence-electron chi connectivity index (χ1n) is 12.8. The van der Waals surface area contributed by atoms with Gasteiger partial charge in [-0.3, -0.25) is 9.59 Å². The number of carbonyl (C=O) groups is 1. The van der Waals surface area contributed by atoms with Gasteiger partial charge < -0.3 is 9.55 Å². The molecule has 0 bridgehead atoms. The molecule has 3 heterocycles. The maximum Gasteiger partial charge on any atom is 0.258 e. The number of pyridine rings is 1. The standard InChI is InChI=1S/C31H27ClN4O2/c1-3-14-35-15-13-22-16-21(9-12-27(22)35)28-18-26(34-36(28)19(2)37)30-29(20-7-5-4-6-8-20)24-17-23(32)10-11-25(24)33-31(30)38/h4-13,15-17,28H,3,14,18H2,1-2H3,(H,33,38). The molecule has 5 aromatic rings. The van der Waals surface area contributed by atoms with Crippen LogP contribution in [0.15, 0.2) is 88.9 Å². The van der Waals surface area contributed by atoms with Crippen LogP contribution in [0.5, 0.6) is 0 Å². The molecule has 0 saturated carbocycles. The fourth-order valence-electron chi connectivity index (χ4n) is 5.52. The SMILES string of the molecule is CCCn1ccc2cc(C3CC(c4c(-c5ccccc5)c5cc(Cl)ccc5[nH]c4=O)=NN3C(C)=O)ccc21. The number of fused-ring (bicyclic) bond motifs is 2. The summed E-state index contributed by atoms with van der Waals surface area (Å²) in [6, 6.07) is 23.3. The summed E-state index contributed by atoms with van der Waals surface area (Å²) in [5.41, 5.74) is 5.31. The summed E-state index contributed by atoms with van der Waals surface area (Å²) in [7, 11) is 0. The maximum absolute atomic E-state index is 13.6. The molecule has 1 unspecified atom stereocenters. The molecule has 0 fully saturated rings. The molecule has 190 valence electrons. The van der Waals surface area contributed by atoms with E-state index in [2.05, 4.69) is 46.9 Å². The van der Waals surface area contributed by atoms with E-state index in [1.807, 2.05) is 42.5 Å². The average molecular weight is 523 g/mol. The number of benzene rings is 3. The van der Waals surface area contributed by atoms with Crippen LogP contribution >= 0.6 is 11.6 Å². The Morgan fingerprint density at radius 3 is 2.63 bits per heavy atom. The Kier molecular flexibility index (Phi) is 6.12. The first kappa shape index (κ1) is 24.2. The second-order valence-corrected chi connectivity index (χ2v) is 10.2. The molecule has 2 aromatic heterocycles. The first-order valence-corrected chi connectivity index (χ1v) is 13.2. The summed E-state index contributed by atoms with van der Waals surface area (Å²) in [6.45, 7) is 4.63. The lowest BCUT2D eigenvalue weighted by Crippen LogP contribution is -2.24. The highest BCUT2D eigenvalue weighted by Gasteiger charge is 2.34. The Morgan fingerprint density at radius 2 is 1.87 bits per heavy atom. The van der Waals surface area contributed by atoms with Gasteiger partial charge in [0.2, 0.25) is 5.91 Å². The largest absolute Gasteiger partial charge is 0.347 e. The van der Waals surface area contributed by atoms with Crippen LogP contribution < -0.4 is 5.56 Å². The van der Waals surface area contributed by atoms with E-state index < -0.39 is 0 Å². The van der Waals surface area contributed by atoms with Crippen LogP contribution in [-0.2, 0) is 11.3 Å². The molecule has 1 aliphatic rings. The maximum atomic E-state index is 13.6. The normalized spacial score (nSPS) is 15.4. The molecular formula is C31H27ClN4O2. The van der Waals surface area contributed by atoms with Crippen LogP contribution in [0.4, 0.5) is 0 Å². The number of amides is 1. The van der Waals surface area contributed by atoms with Crippen molar-refractivity contribution in [3.8, 4) is 11.1 Å². The van der Waals surface area contributed by atoms with Gasteiger partial charge in [-0.1, -0.05) is 54.9 Å². The molecule has 0 aliphatic carbocycles. The number of H-pyrrole nitrogens is 1. The lowest BCUT2D eigenvalue weighted by atomic mass is 9.91. The van der Waals surface area contributed by atoms with Crippen molar-refractivity contribution in [3.05, 3.63) is 105 Å². The molecule has 7 heteroatoms. The lowest BCUT2D eigenvalue weighted by Gasteiger charge is -2.20. The van der Waals surface area contributed by atoms with Gasteiger partial charge in [0.15, 0.2) is 0 Å². The van der Waals surface area contributed by atoms with Gasteiger partial charge in [-0.25, -0.2) is 5.01 Å². The highest BCUT2D eigenvalue weighted by atomic mass is 35.5. The number of aromatic nitrogens is 2. The number of carbonyl (C=O) groups excluding carboxylic acids is 1. The predicted octanol–water partition coefficient (Wildman–Crippen LogP) is 6.91. The molecule has 6 nitrogen and oxygen atoms in total. The Balaban J connectivity index is 1.50. The molecule has 0 radical (unpaired) electrons. The van der Waals surface area contributed by atoms with Crippen molar-refractivity contribution >= 4 is 45.0 Å². The molecule has 0 saturated heterocycles. The monoisotopic (exact) mass is 522 g/mol. The first-order chi connectivity index (χ1) is 18.4. The Morgan fingerprint density at radius 1 is 1.05 bits per heavy atom. The fourth-order valence-corrected chi connectivity index (χ4v) is 5.69. The minimum absolute atomic E-state index is 0.171. The van der Waals surface area contributed by atoms with Crippen LogP contribution in [0.2, 0.25) is 5.02 Å². The summed E-state index contributed by atoms with van der Waals surface area (Å²) in [5, 5.41) is 8.79. The van der Waals surface area contributed by atoms with E-state index in [1.165, 1.54) is 17.4 Å². The van der Waals surface area contributed by atoms with Gasteiger partial charge in [-0.15, -0.1) is 0 Å². The topological polar surface area (TPSA) is 70.5 Å². The minimum Gasteiger partial charge on any atom is -0.347 e. The average Bonchev–Trinajstić information content (AvgIpc) is 3.53. The summed E-state index contributed by atoms with van der Waals surface area (Å²) in [6.07, 6.45) is 3.58. The fraction of sp³-hybridized carbons (Fsp3) is 0.194. The summed E-state index contributed by atoms with van der Waals surface area (Å²) in [5.74, 6) is -0.171. The molecule has 1 aliphatic heterocycles. The number of halogens is 1. The zero-order valence-electron chi connectivity index (χ0n) is 21.2. The number of nitrogens with zero attached hydrogens (tertiary/aromatic N) is 3. The van der Waals surface area contributed by atoms with Crippen LogP contribution in [0.1, 0.15) is 43.9 Å². The number of nitrogens with one attached hydrogen (secondary N) is 1. The number of hydrazone groups is 1. The third kappa shape index (κ3) is 4.11. The van der Waals surface area contributed by atoms with Crippen molar-refractivity contribution in [2.24, 2.45) is 5.10 Å². The van der Waals surface area contributed by atoms with Gasteiger partial charge in [0, 0.05) is 53.1 Å². The van der Waals surface area contributed by atoms with Crippen molar-refractivity contribution in [3.63, 3.8) is 0 Å². The molecule has 1 atom stereocenters. The Labute approximate surface area is 225 Å². The van der Waals surface area contributed by atoms with Crippen LogP contribution in [0.25, 0.3) is 32.9 Å². The number of hydrogen-bond acceptors (Lipinski definition) is 3. The van der Waals surface area contributed by atoms with E-state index in [4.69, 9.17) is 16.7 Å². The molecular weight excluding hydrogens is 496 g/mol. The molecule has 0 spiro atoms. The Hall–Kier alpha value is -4.16. The molecule has 38 heavy (non-hydrogen) atoms. The van der Waals surface area contributed by atoms with Gasteiger partial charge in [-0.05, 0) is 59.3 Å². The van der Waals surface area contributed by atoms with Crippen LogP contribution in [0, 0.1) is 0 Å². The summed E-state index contributed by atoms with van der Waals surface area (Å²) < 4.78 is 2.24.